The van der Waals surface area contributed by atoms with Crippen LogP contribution in [0.3, 0.4) is 0 Å². The Kier molecular flexibility index (Phi) is 3.07. The van der Waals surface area contributed by atoms with Crippen molar-refractivity contribution in [2.24, 2.45) is 0 Å². The molecule has 0 aromatic rings. The largest absolute Gasteiger partial charge is 0.371 e. The molecule has 0 amide bonds. The summed E-state index contributed by atoms with van der Waals surface area (Å²) < 4.78 is 11.6. The molecule has 0 N–H and O–H groups in total. The van der Waals surface area contributed by atoms with Gasteiger partial charge in [-0.2, -0.15) is 0 Å². The minimum atomic E-state index is 0.260. The van der Waals surface area contributed by atoms with Crippen LogP contribution in [0.1, 0.15) is 6.92 Å². The predicted octanol–water partition coefficient (Wildman–Crippen LogP) is -0.00640. The zero-order valence-corrected chi connectivity index (χ0v) is 9.27. The average molecular weight is 200 g/mol. The fourth-order valence-corrected chi connectivity index (χ4v) is 2.22. The van der Waals surface area contributed by atoms with E-state index in [4.69, 9.17) is 9.47 Å². The third kappa shape index (κ3) is 2.25. The van der Waals surface area contributed by atoms with Gasteiger partial charge in [-0.3, -0.25) is 9.80 Å². The van der Waals surface area contributed by atoms with Crippen LogP contribution < -0.4 is 0 Å². The Morgan fingerprint density at radius 1 is 1.29 bits per heavy atom. The number of likely N-dealkylation sites (tertiary alicyclic amines) is 1. The van der Waals surface area contributed by atoms with Gasteiger partial charge in [-0.15, -0.1) is 0 Å². The molecule has 0 aromatic heterocycles. The summed E-state index contributed by atoms with van der Waals surface area (Å²) in [4.78, 5) is 4.56. The molecule has 0 bridgehead atoms. The molecule has 3 unspecified atom stereocenters. The highest BCUT2D eigenvalue weighted by Gasteiger charge is 2.38. The van der Waals surface area contributed by atoms with E-state index in [0.29, 0.717) is 12.2 Å². The second-order valence-corrected chi connectivity index (χ2v) is 4.61. The van der Waals surface area contributed by atoms with Crippen LogP contribution in [0, 0.1) is 0 Å². The summed E-state index contributed by atoms with van der Waals surface area (Å²) in [6.45, 7) is 5.83. The molecule has 14 heavy (non-hydrogen) atoms. The zero-order chi connectivity index (χ0) is 10.1. The molecule has 3 atom stereocenters. The van der Waals surface area contributed by atoms with E-state index in [1.54, 1.807) is 0 Å². The lowest BCUT2D eigenvalue weighted by molar-refractivity contribution is -0.153. The van der Waals surface area contributed by atoms with E-state index in [2.05, 4.69) is 30.8 Å². The molecular formula is C10H20N2O2. The number of hydrogen-bond donors (Lipinski definition) is 0. The van der Waals surface area contributed by atoms with Gasteiger partial charge in [0.15, 0.2) is 0 Å². The van der Waals surface area contributed by atoms with Gasteiger partial charge >= 0.3 is 0 Å². The van der Waals surface area contributed by atoms with Crippen molar-refractivity contribution in [2.45, 2.75) is 25.2 Å². The van der Waals surface area contributed by atoms with E-state index in [9.17, 15) is 0 Å². The lowest BCUT2D eigenvalue weighted by Gasteiger charge is -2.29. The average Bonchev–Trinajstić information content (AvgIpc) is 2.44. The first-order chi connectivity index (χ1) is 6.65. The van der Waals surface area contributed by atoms with Crippen LogP contribution >= 0.6 is 0 Å². The first kappa shape index (κ1) is 10.4. The number of fused-ring (bicyclic) bond motifs is 1. The summed E-state index contributed by atoms with van der Waals surface area (Å²) in [5, 5.41) is 0. The SMILES string of the molecule is CC1COC2CN(CN(C)C)CC2O1. The van der Waals surface area contributed by atoms with E-state index in [1.807, 2.05) is 0 Å². The molecule has 0 aliphatic carbocycles. The highest BCUT2D eigenvalue weighted by Crippen LogP contribution is 2.22. The molecule has 0 saturated carbocycles. The monoisotopic (exact) mass is 200 g/mol. The van der Waals surface area contributed by atoms with Crippen LogP contribution in [0.2, 0.25) is 0 Å². The van der Waals surface area contributed by atoms with Crippen molar-refractivity contribution in [1.29, 1.82) is 0 Å². The molecule has 2 saturated heterocycles. The van der Waals surface area contributed by atoms with E-state index >= 15 is 0 Å². The molecule has 4 heteroatoms. The fourth-order valence-electron chi connectivity index (χ4n) is 2.22. The standard InChI is InChI=1S/C10H20N2O2/c1-8-6-13-9-4-12(7-11(2)3)5-10(9)14-8/h8-10H,4-7H2,1-3H3. The van der Waals surface area contributed by atoms with Crippen molar-refractivity contribution in [3.05, 3.63) is 0 Å². The van der Waals surface area contributed by atoms with Crippen LogP contribution in [-0.2, 0) is 9.47 Å². The number of nitrogens with zero attached hydrogens (tertiary/aromatic N) is 2. The summed E-state index contributed by atoms with van der Waals surface area (Å²) in [5.74, 6) is 0. The second kappa shape index (κ2) is 4.14. The molecule has 82 valence electrons. The Balaban J connectivity index is 1.86. The summed E-state index contributed by atoms with van der Waals surface area (Å²) in [7, 11) is 4.18. The van der Waals surface area contributed by atoms with Crippen LogP contribution in [0.15, 0.2) is 0 Å². The molecular weight excluding hydrogens is 180 g/mol. The summed E-state index contributed by atoms with van der Waals surface area (Å²) in [5.41, 5.74) is 0. The lowest BCUT2D eigenvalue weighted by Crippen LogP contribution is -2.41. The molecule has 2 fully saturated rings. The van der Waals surface area contributed by atoms with E-state index in [-0.39, 0.29) is 6.10 Å². The number of hydrogen-bond acceptors (Lipinski definition) is 4. The smallest absolute Gasteiger partial charge is 0.0981 e. The molecule has 2 rings (SSSR count). The van der Waals surface area contributed by atoms with Crippen molar-refractivity contribution in [3.8, 4) is 0 Å². The third-order valence-electron chi connectivity index (χ3n) is 2.73. The van der Waals surface area contributed by atoms with Gasteiger partial charge < -0.3 is 9.47 Å². The molecule has 2 heterocycles. The molecule has 2 aliphatic rings. The highest BCUT2D eigenvalue weighted by molar-refractivity contribution is 4.88. The van der Waals surface area contributed by atoms with E-state index < -0.39 is 0 Å². The first-order valence-electron chi connectivity index (χ1n) is 5.29. The number of ether oxygens (including phenoxy) is 2. The van der Waals surface area contributed by atoms with E-state index in [0.717, 1.165) is 26.4 Å². The topological polar surface area (TPSA) is 24.9 Å². The predicted molar refractivity (Wildman–Crippen MR) is 54.2 cm³/mol. The van der Waals surface area contributed by atoms with Crippen LogP contribution in [-0.4, -0.2) is 68.6 Å². The van der Waals surface area contributed by atoms with Crippen molar-refractivity contribution in [1.82, 2.24) is 9.80 Å². The van der Waals surface area contributed by atoms with E-state index in [1.165, 1.54) is 0 Å². The normalized spacial score (nSPS) is 39.0. The Bertz CT molecular complexity index is 199. The van der Waals surface area contributed by atoms with Gasteiger partial charge in [0.05, 0.1) is 31.6 Å². The van der Waals surface area contributed by atoms with Crippen molar-refractivity contribution < 1.29 is 9.47 Å². The van der Waals surface area contributed by atoms with Crippen molar-refractivity contribution >= 4 is 0 Å². The highest BCUT2D eigenvalue weighted by atomic mass is 16.6. The Labute approximate surface area is 85.8 Å². The summed E-state index contributed by atoms with van der Waals surface area (Å²) in [6, 6.07) is 0. The molecule has 0 spiro atoms. The Morgan fingerprint density at radius 2 is 2.00 bits per heavy atom. The van der Waals surface area contributed by atoms with Gasteiger partial charge in [0, 0.05) is 13.1 Å². The maximum absolute atomic E-state index is 5.84. The van der Waals surface area contributed by atoms with Crippen molar-refractivity contribution in [2.75, 3.05) is 40.5 Å². The van der Waals surface area contributed by atoms with Gasteiger partial charge in [-0.05, 0) is 21.0 Å². The number of rotatable bonds is 2. The Hall–Kier alpha value is -0.160. The molecule has 0 radical (unpaired) electrons. The van der Waals surface area contributed by atoms with Gasteiger partial charge in [-0.1, -0.05) is 0 Å². The van der Waals surface area contributed by atoms with Crippen LogP contribution in [0.4, 0.5) is 0 Å². The maximum Gasteiger partial charge on any atom is 0.0981 e. The van der Waals surface area contributed by atoms with Crippen LogP contribution in [0.25, 0.3) is 0 Å². The summed E-state index contributed by atoms with van der Waals surface area (Å²) >= 11 is 0. The minimum absolute atomic E-state index is 0.260. The Morgan fingerprint density at radius 3 is 2.71 bits per heavy atom. The lowest BCUT2D eigenvalue weighted by atomic mass is 10.2. The second-order valence-electron chi connectivity index (χ2n) is 4.61. The van der Waals surface area contributed by atoms with Gasteiger partial charge in [0.2, 0.25) is 0 Å². The minimum Gasteiger partial charge on any atom is -0.371 e. The van der Waals surface area contributed by atoms with Crippen molar-refractivity contribution in [3.63, 3.8) is 0 Å². The molecule has 0 aromatic carbocycles. The molecule has 2 aliphatic heterocycles. The maximum atomic E-state index is 5.84. The van der Waals surface area contributed by atoms with Gasteiger partial charge in [0.25, 0.3) is 0 Å². The molecule has 4 nitrogen and oxygen atoms in total. The first-order valence-corrected chi connectivity index (χ1v) is 5.29. The summed E-state index contributed by atoms with van der Waals surface area (Å²) in [6.07, 6.45) is 0.848. The third-order valence-corrected chi connectivity index (χ3v) is 2.73. The zero-order valence-electron chi connectivity index (χ0n) is 9.27. The van der Waals surface area contributed by atoms with Crippen LogP contribution in [0.5, 0.6) is 0 Å². The van der Waals surface area contributed by atoms with Gasteiger partial charge in [-0.25, -0.2) is 0 Å². The fraction of sp³-hybridized carbons (Fsp3) is 1.00. The van der Waals surface area contributed by atoms with Gasteiger partial charge in [0.1, 0.15) is 0 Å². The quantitative estimate of drug-likeness (QED) is 0.626.